The molecule has 0 aromatic carbocycles. The van der Waals surface area contributed by atoms with Crippen LogP contribution in [-0.2, 0) is 4.79 Å². The molecule has 1 atom stereocenters. The molecule has 0 saturated heterocycles. The zero-order valence-electron chi connectivity index (χ0n) is 11.5. The summed E-state index contributed by atoms with van der Waals surface area (Å²) in [6.45, 7) is 8.08. The SMILES string of the molecule is CNC(C)(CCN(CC1CC1)C(C)C)C(=O)O. The first-order valence-corrected chi connectivity index (χ1v) is 6.55. The third-order valence-corrected chi connectivity index (χ3v) is 3.84. The number of rotatable bonds is 8. The van der Waals surface area contributed by atoms with E-state index in [1.165, 1.54) is 12.8 Å². The zero-order chi connectivity index (χ0) is 13.1. The van der Waals surface area contributed by atoms with E-state index in [1.54, 1.807) is 14.0 Å². The number of nitrogens with zero attached hydrogens (tertiary/aromatic N) is 1. The van der Waals surface area contributed by atoms with Gasteiger partial charge in [-0.2, -0.15) is 0 Å². The Bertz CT molecular complexity index is 264. The second-order valence-corrected chi connectivity index (χ2v) is 5.67. The molecule has 0 aromatic rings. The summed E-state index contributed by atoms with van der Waals surface area (Å²) in [6, 6.07) is 0.491. The van der Waals surface area contributed by atoms with Gasteiger partial charge in [-0.1, -0.05) is 0 Å². The summed E-state index contributed by atoms with van der Waals surface area (Å²) in [7, 11) is 1.72. The molecule has 0 heterocycles. The van der Waals surface area contributed by atoms with Crippen LogP contribution in [-0.4, -0.2) is 47.7 Å². The topological polar surface area (TPSA) is 52.6 Å². The van der Waals surface area contributed by atoms with Gasteiger partial charge in [0.05, 0.1) is 0 Å². The predicted molar refractivity (Wildman–Crippen MR) is 69.2 cm³/mol. The molecule has 1 aliphatic carbocycles. The molecule has 1 unspecified atom stereocenters. The van der Waals surface area contributed by atoms with E-state index in [2.05, 4.69) is 24.1 Å². The van der Waals surface area contributed by atoms with Crippen LogP contribution in [0.15, 0.2) is 0 Å². The molecule has 1 fully saturated rings. The van der Waals surface area contributed by atoms with Gasteiger partial charge in [0, 0.05) is 19.1 Å². The molecule has 0 aliphatic heterocycles. The van der Waals surface area contributed by atoms with Crippen molar-refractivity contribution in [1.82, 2.24) is 10.2 Å². The molecular weight excluding hydrogens is 216 g/mol. The van der Waals surface area contributed by atoms with Crippen LogP contribution in [0, 0.1) is 5.92 Å². The first kappa shape index (κ1) is 14.5. The molecule has 0 aromatic heterocycles. The maximum Gasteiger partial charge on any atom is 0.323 e. The second-order valence-electron chi connectivity index (χ2n) is 5.67. The van der Waals surface area contributed by atoms with Crippen molar-refractivity contribution in [2.24, 2.45) is 5.92 Å². The number of carbonyl (C=O) groups is 1. The van der Waals surface area contributed by atoms with E-state index < -0.39 is 11.5 Å². The van der Waals surface area contributed by atoms with Crippen molar-refractivity contribution in [3.8, 4) is 0 Å². The van der Waals surface area contributed by atoms with Crippen LogP contribution in [0.1, 0.15) is 40.0 Å². The monoisotopic (exact) mass is 242 g/mol. The summed E-state index contributed by atoms with van der Waals surface area (Å²) in [6.07, 6.45) is 3.32. The average Bonchev–Trinajstić information content (AvgIpc) is 3.06. The lowest BCUT2D eigenvalue weighted by Gasteiger charge is -2.31. The molecule has 4 heteroatoms. The number of hydrogen-bond acceptors (Lipinski definition) is 3. The minimum absolute atomic E-state index is 0.491. The molecule has 0 spiro atoms. The normalized spacial score (nSPS) is 19.6. The first-order valence-electron chi connectivity index (χ1n) is 6.55. The summed E-state index contributed by atoms with van der Waals surface area (Å²) in [4.78, 5) is 13.6. The predicted octanol–water partition coefficient (Wildman–Crippen LogP) is 1.56. The van der Waals surface area contributed by atoms with Crippen molar-refractivity contribution < 1.29 is 9.90 Å². The summed E-state index contributed by atoms with van der Waals surface area (Å²) < 4.78 is 0. The average molecular weight is 242 g/mol. The lowest BCUT2D eigenvalue weighted by Crippen LogP contribution is -2.50. The van der Waals surface area contributed by atoms with E-state index in [0.717, 1.165) is 19.0 Å². The molecule has 1 rings (SSSR count). The van der Waals surface area contributed by atoms with Crippen molar-refractivity contribution >= 4 is 5.97 Å². The lowest BCUT2D eigenvalue weighted by molar-refractivity contribution is -0.144. The van der Waals surface area contributed by atoms with E-state index in [9.17, 15) is 9.90 Å². The highest BCUT2D eigenvalue weighted by Gasteiger charge is 2.32. The van der Waals surface area contributed by atoms with Crippen molar-refractivity contribution in [2.45, 2.75) is 51.6 Å². The van der Waals surface area contributed by atoms with Crippen molar-refractivity contribution in [1.29, 1.82) is 0 Å². The standard InChI is InChI=1S/C13H26N2O2/c1-10(2)15(9-11-5-6-11)8-7-13(3,14-4)12(16)17/h10-11,14H,5-9H2,1-4H3,(H,16,17). The summed E-state index contributed by atoms with van der Waals surface area (Å²) in [5.74, 6) is 0.0817. The minimum atomic E-state index is -0.809. The van der Waals surface area contributed by atoms with E-state index in [4.69, 9.17) is 0 Å². The van der Waals surface area contributed by atoms with Crippen LogP contribution in [0.3, 0.4) is 0 Å². The maximum atomic E-state index is 11.2. The van der Waals surface area contributed by atoms with Gasteiger partial charge >= 0.3 is 5.97 Å². The molecule has 0 bridgehead atoms. The Hall–Kier alpha value is -0.610. The number of aliphatic carboxylic acids is 1. The van der Waals surface area contributed by atoms with Gasteiger partial charge in [0.15, 0.2) is 0 Å². The van der Waals surface area contributed by atoms with Crippen LogP contribution in [0.5, 0.6) is 0 Å². The number of hydrogen-bond donors (Lipinski definition) is 2. The number of carboxylic acid groups (broad SMARTS) is 1. The Morgan fingerprint density at radius 3 is 2.47 bits per heavy atom. The molecule has 2 N–H and O–H groups in total. The largest absolute Gasteiger partial charge is 0.480 e. The fourth-order valence-corrected chi connectivity index (χ4v) is 1.90. The van der Waals surface area contributed by atoms with Gasteiger partial charge in [0.2, 0.25) is 0 Å². The molecule has 1 saturated carbocycles. The van der Waals surface area contributed by atoms with E-state index in [-0.39, 0.29) is 0 Å². The van der Waals surface area contributed by atoms with E-state index in [0.29, 0.717) is 12.5 Å². The summed E-state index contributed by atoms with van der Waals surface area (Å²) in [5.41, 5.74) is -0.809. The quantitative estimate of drug-likeness (QED) is 0.678. The highest BCUT2D eigenvalue weighted by molar-refractivity contribution is 5.78. The fourth-order valence-electron chi connectivity index (χ4n) is 1.90. The summed E-state index contributed by atoms with van der Waals surface area (Å²) >= 11 is 0. The van der Waals surface area contributed by atoms with Gasteiger partial charge in [-0.3, -0.25) is 4.79 Å². The summed E-state index contributed by atoms with van der Waals surface area (Å²) in [5, 5.41) is 12.1. The van der Waals surface area contributed by atoms with Crippen LogP contribution in [0.4, 0.5) is 0 Å². The van der Waals surface area contributed by atoms with Crippen molar-refractivity contribution in [3.63, 3.8) is 0 Å². The van der Waals surface area contributed by atoms with Crippen LogP contribution >= 0.6 is 0 Å². The molecular formula is C13H26N2O2. The Morgan fingerprint density at radius 1 is 1.53 bits per heavy atom. The fraction of sp³-hybridized carbons (Fsp3) is 0.923. The Labute approximate surface area is 104 Å². The minimum Gasteiger partial charge on any atom is -0.480 e. The third-order valence-electron chi connectivity index (χ3n) is 3.84. The van der Waals surface area contributed by atoms with Crippen LogP contribution in [0.25, 0.3) is 0 Å². The molecule has 1 aliphatic rings. The van der Waals surface area contributed by atoms with Crippen molar-refractivity contribution in [3.05, 3.63) is 0 Å². The number of likely N-dealkylation sites (N-methyl/N-ethyl adjacent to an activating group) is 1. The van der Waals surface area contributed by atoms with Gasteiger partial charge in [-0.15, -0.1) is 0 Å². The third kappa shape index (κ3) is 4.28. The van der Waals surface area contributed by atoms with E-state index in [1.807, 2.05) is 0 Å². The first-order chi connectivity index (χ1) is 7.89. The Balaban J connectivity index is 2.46. The highest BCUT2D eigenvalue weighted by atomic mass is 16.4. The van der Waals surface area contributed by atoms with Gasteiger partial charge in [-0.05, 0) is 53.0 Å². The number of carboxylic acids is 1. The molecule has 0 amide bonds. The zero-order valence-corrected chi connectivity index (χ0v) is 11.5. The van der Waals surface area contributed by atoms with Gasteiger partial charge in [0.1, 0.15) is 5.54 Å². The maximum absolute atomic E-state index is 11.2. The smallest absolute Gasteiger partial charge is 0.323 e. The van der Waals surface area contributed by atoms with Crippen molar-refractivity contribution in [2.75, 3.05) is 20.1 Å². The van der Waals surface area contributed by atoms with Gasteiger partial charge < -0.3 is 15.3 Å². The molecule has 17 heavy (non-hydrogen) atoms. The molecule has 4 nitrogen and oxygen atoms in total. The van der Waals surface area contributed by atoms with Crippen LogP contribution in [0.2, 0.25) is 0 Å². The second kappa shape index (κ2) is 5.83. The van der Waals surface area contributed by atoms with Gasteiger partial charge in [-0.25, -0.2) is 0 Å². The Kier molecular flexibility index (Phi) is 4.95. The number of nitrogens with one attached hydrogen (secondary N) is 1. The van der Waals surface area contributed by atoms with Gasteiger partial charge in [0.25, 0.3) is 0 Å². The van der Waals surface area contributed by atoms with Crippen LogP contribution < -0.4 is 5.32 Å². The lowest BCUT2D eigenvalue weighted by atomic mass is 9.97. The van der Waals surface area contributed by atoms with E-state index >= 15 is 0 Å². The molecule has 100 valence electrons. The highest BCUT2D eigenvalue weighted by Crippen LogP contribution is 2.30. The molecule has 0 radical (unpaired) electrons. The Morgan fingerprint density at radius 2 is 2.12 bits per heavy atom.